The van der Waals surface area contributed by atoms with Gasteiger partial charge in [0.1, 0.15) is 30.8 Å². The number of carbonyl (C=O) groups excluding carboxylic acids is 2. The van der Waals surface area contributed by atoms with Gasteiger partial charge in [-0.05, 0) is 60.9 Å². The fourth-order valence-corrected chi connectivity index (χ4v) is 3.90. The van der Waals surface area contributed by atoms with Crippen LogP contribution in [0, 0.1) is 0 Å². The number of halogens is 2. The van der Waals surface area contributed by atoms with Gasteiger partial charge < -0.3 is 25.8 Å². The Morgan fingerprint density at radius 3 is 2.50 bits per heavy atom. The van der Waals surface area contributed by atoms with Crippen molar-refractivity contribution in [2.45, 2.75) is 31.0 Å². The molecule has 1 fully saturated rings. The molecule has 2 aromatic rings. The molecule has 2 aromatic carbocycles. The number of ether oxygens (including phenoxy) is 2. The third kappa shape index (κ3) is 5.62. The third-order valence-electron chi connectivity index (χ3n) is 5.24. The molecule has 4 N–H and O–H groups in total. The summed E-state index contributed by atoms with van der Waals surface area (Å²) in [4.78, 5) is 26.2. The van der Waals surface area contributed by atoms with Gasteiger partial charge in [0.05, 0.1) is 16.2 Å². The van der Waals surface area contributed by atoms with Crippen molar-refractivity contribution >= 4 is 39.3 Å². The van der Waals surface area contributed by atoms with Crippen LogP contribution in [-0.4, -0.2) is 36.7 Å². The lowest BCUT2D eigenvalue weighted by Crippen LogP contribution is -2.54. The molecule has 0 spiro atoms. The Balaban J connectivity index is 1.67. The molecular formula is C23H23BrClN3O4. The SMILES string of the molecule is NC1(NC(=O)[C@@H]2Cc3ccc(c(Cl)c3)OC/C=C/COc3ccc(Br)cc3C(=O)N2)CC1. The average molecular weight is 521 g/mol. The summed E-state index contributed by atoms with van der Waals surface area (Å²) in [6.07, 6.45) is 5.25. The van der Waals surface area contributed by atoms with Crippen LogP contribution in [0.4, 0.5) is 0 Å². The Bertz CT molecular complexity index is 1070. The molecule has 32 heavy (non-hydrogen) atoms. The van der Waals surface area contributed by atoms with E-state index >= 15 is 0 Å². The van der Waals surface area contributed by atoms with E-state index in [4.69, 9.17) is 26.8 Å². The van der Waals surface area contributed by atoms with Crippen molar-refractivity contribution in [1.29, 1.82) is 0 Å². The maximum absolute atomic E-state index is 13.2. The summed E-state index contributed by atoms with van der Waals surface area (Å²) in [5, 5.41) is 6.10. The van der Waals surface area contributed by atoms with E-state index in [2.05, 4.69) is 26.6 Å². The second-order valence-corrected chi connectivity index (χ2v) is 9.20. The highest BCUT2D eigenvalue weighted by Gasteiger charge is 2.41. The van der Waals surface area contributed by atoms with E-state index in [1.54, 1.807) is 36.4 Å². The fraction of sp³-hybridized carbons (Fsp3) is 0.304. The zero-order valence-corrected chi connectivity index (χ0v) is 19.5. The number of carbonyl (C=O) groups is 2. The summed E-state index contributed by atoms with van der Waals surface area (Å²) in [5.41, 5.74) is 6.46. The molecule has 7 nitrogen and oxygen atoms in total. The van der Waals surface area contributed by atoms with E-state index in [1.165, 1.54) is 0 Å². The summed E-state index contributed by atoms with van der Waals surface area (Å²) in [6.45, 7) is 0.567. The van der Waals surface area contributed by atoms with Crippen LogP contribution >= 0.6 is 27.5 Å². The van der Waals surface area contributed by atoms with Crippen LogP contribution < -0.4 is 25.8 Å². The Morgan fingerprint density at radius 1 is 1.12 bits per heavy atom. The van der Waals surface area contributed by atoms with Gasteiger partial charge in [-0.25, -0.2) is 0 Å². The molecule has 1 aliphatic carbocycles. The first kappa shape index (κ1) is 22.6. The van der Waals surface area contributed by atoms with Crippen molar-refractivity contribution in [3.63, 3.8) is 0 Å². The zero-order chi connectivity index (χ0) is 22.7. The number of rotatable bonds is 2. The fourth-order valence-electron chi connectivity index (χ4n) is 3.28. The van der Waals surface area contributed by atoms with Gasteiger partial charge in [-0.3, -0.25) is 9.59 Å². The van der Waals surface area contributed by atoms with Crippen LogP contribution in [0.3, 0.4) is 0 Å². The van der Waals surface area contributed by atoms with Crippen LogP contribution in [0.2, 0.25) is 5.02 Å². The van der Waals surface area contributed by atoms with Crippen LogP contribution in [0.5, 0.6) is 11.5 Å². The van der Waals surface area contributed by atoms with Gasteiger partial charge in [-0.2, -0.15) is 0 Å². The lowest BCUT2D eigenvalue weighted by Gasteiger charge is -2.22. The number of fused-ring (bicyclic) bond motifs is 9. The van der Waals surface area contributed by atoms with Crippen molar-refractivity contribution in [2.75, 3.05) is 13.2 Å². The van der Waals surface area contributed by atoms with Crippen molar-refractivity contribution in [3.8, 4) is 11.5 Å². The molecule has 1 saturated carbocycles. The summed E-state index contributed by atoms with van der Waals surface area (Å²) in [7, 11) is 0. The van der Waals surface area contributed by atoms with E-state index < -0.39 is 17.6 Å². The second kappa shape index (κ2) is 9.52. The van der Waals surface area contributed by atoms with Crippen molar-refractivity contribution in [2.24, 2.45) is 5.73 Å². The van der Waals surface area contributed by atoms with Crippen LogP contribution in [0.15, 0.2) is 53.0 Å². The monoisotopic (exact) mass is 519 g/mol. The summed E-state index contributed by atoms with van der Waals surface area (Å²) < 4.78 is 12.2. The molecule has 0 aromatic heterocycles. The zero-order valence-electron chi connectivity index (χ0n) is 17.2. The minimum absolute atomic E-state index is 0.234. The normalized spacial score (nSPS) is 20.8. The van der Waals surface area contributed by atoms with Gasteiger partial charge in [0.2, 0.25) is 5.91 Å². The average Bonchev–Trinajstić information content (AvgIpc) is 3.47. The Labute approximate surface area is 199 Å². The standard InChI is InChI=1S/C23H23BrClN3O4/c24-15-4-6-19-16(13-15)21(29)27-18(22(30)28-23(26)7-8-23)12-14-3-5-20(17(25)11-14)32-10-2-1-9-31-19/h1-6,11,13,18H,7-10,12,26H2,(H,27,29)(H,28,30)/b2-1+/t18-/m0/s1. The van der Waals surface area contributed by atoms with E-state index in [0.29, 0.717) is 41.5 Å². The Kier molecular flexibility index (Phi) is 6.74. The smallest absolute Gasteiger partial charge is 0.255 e. The minimum atomic E-state index is -0.856. The van der Waals surface area contributed by atoms with Gasteiger partial charge in [-0.1, -0.05) is 33.6 Å². The Morgan fingerprint density at radius 2 is 1.81 bits per heavy atom. The number of hydrogen-bond acceptors (Lipinski definition) is 5. The molecular weight excluding hydrogens is 498 g/mol. The van der Waals surface area contributed by atoms with Crippen LogP contribution in [0.1, 0.15) is 28.8 Å². The molecule has 168 valence electrons. The summed E-state index contributed by atoms with van der Waals surface area (Å²) >= 11 is 9.76. The third-order valence-corrected chi connectivity index (χ3v) is 6.03. The van der Waals surface area contributed by atoms with Crippen LogP contribution in [0.25, 0.3) is 0 Å². The number of benzene rings is 2. The lowest BCUT2D eigenvalue weighted by atomic mass is 10.0. The molecule has 2 bridgehead atoms. The first-order chi connectivity index (χ1) is 15.3. The molecule has 2 heterocycles. The highest BCUT2D eigenvalue weighted by Crippen LogP contribution is 2.30. The molecule has 3 aliphatic rings. The number of hydrogen-bond donors (Lipinski definition) is 3. The predicted molar refractivity (Wildman–Crippen MR) is 125 cm³/mol. The second-order valence-electron chi connectivity index (χ2n) is 7.87. The van der Waals surface area contributed by atoms with E-state index in [-0.39, 0.29) is 18.9 Å². The topological polar surface area (TPSA) is 103 Å². The van der Waals surface area contributed by atoms with E-state index in [1.807, 2.05) is 12.1 Å². The summed E-state index contributed by atoms with van der Waals surface area (Å²) in [6, 6.07) is 9.61. The maximum atomic E-state index is 13.2. The highest BCUT2D eigenvalue weighted by molar-refractivity contribution is 9.10. The molecule has 0 unspecified atom stereocenters. The van der Waals surface area contributed by atoms with E-state index in [9.17, 15) is 9.59 Å². The number of nitrogens with two attached hydrogens (primary N) is 1. The lowest BCUT2D eigenvalue weighted by molar-refractivity contribution is -0.123. The quantitative estimate of drug-likeness (QED) is 0.416. The number of nitrogens with one attached hydrogen (secondary N) is 2. The molecule has 0 radical (unpaired) electrons. The van der Waals surface area contributed by atoms with Crippen molar-refractivity contribution in [3.05, 3.63) is 69.2 Å². The molecule has 2 aliphatic heterocycles. The molecule has 5 rings (SSSR count). The van der Waals surface area contributed by atoms with Gasteiger partial charge in [0, 0.05) is 10.9 Å². The van der Waals surface area contributed by atoms with Crippen molar-refractivity contribution in [1.82, 2.24) is 10.6 Å². The van der Waals surface area contributed by atoms with Gasteiger partial charge in [-0.15, -0.1) is 0 Å². The van der Waals surface area contributed by atoms with Gasteiger partial charge in [0.25, 0.3) is 5.91 Å². The van der Waals surface area contributed by atoms with Gasteiger partial charge >= 0.3 is 0 Å². The number of amides is 2. The highest BCUT2D eigenvalue weighted by atomic mass is 79.9. The van der Waals surface area contributed by atoms with Crippen molar-refractivity contribution < 1.29 is 19.1 Å². The Hall–Kier alpha value is -2.55. The molecule has 2 amide bonds. The first-order valence-corrected chi connectivity index (χ1v) is 11.4. The largest absolute Gasteiger partial charge is 0.489 e. The van der Waals surface area contributed by atoms with Crippen LogP contribution in [-0.2, 0) is 11.2 Å². The molecule has 9 heteroatoms. The van der Waals surface area contributed by atoms with Gasteiger partial charge in [0.15, 0.2) is 0 Å². The predicted octanol–water partition coefficient (Wildman–Crippen LogP) is 3.34. The summed E-state index contributed by atoms with van der Waals surface area (Å²) in [5.74, 6) is 0.167. The first-order valence-electron chi connectivity index (χ1n) is 10.2. The maximum Gasteiger partial charge on any atom is 0.255 e. The minimum Gasteiger partial charge on any atom is -0.489 e. The van der Waals surface area contributed by atoms with E-state index in [0.717, 1.165) is 10.0 Å². The molecule has 1 atom stereocenters. The molecule has 0 saturated heterocycles.